The molecular formula is C31H32ClF3N2O5S. The maximum Gasteiger partial charge on any atom is 0.511 e. The molecule has 4 rings (SSSR count). The van der Waals surface area contributed by atoms with Gasteiger partial charge in [0.05, 0.1) is 17.9 Å². The Morgan fingerprint density at radius 2 is 1.67 bits per heavy atom. The number of rotatable bonds is 10. The number of carbonyl (C=O) groups is 2. The average molecular weight is 637 g/mol. The van der Waals surface area contributed by atoms with Gasteiger partial charge in [0.2, 0.25) is 5.91 Å². The second-order valence-corrected chi connectivity index (χ2v) is 13.2. The molecule has 2 N–H and O–H groups in total. The normalized spacial score (nSPS) is 21.9. The molecule has 1 saturated heterocycles. The highest BCUT2D eigenvalue weighted by Crippen LogP contribution is 2.52. The van der Waals surface area contributed by atoms with Crippen LogP contribution in [-0.4, -0.2) is 48.4 Å². The number of likely N-dealkylation sites (tertiary alicyclic amines) is 1. The van der Waals surface area contributed by atoms with Gasteiger partial charge in [-0.3, -0.25) is 9.59 Å². The summed E-state index contributed by atoms with van der Waals surface area (Å²) in [5.74, 6) is -2.31. The highest BCUT2D eigenvalue weighted by Gasteiger charge is 2.53. The van der Waals surface area contributed by atoms with E-state index in [2.05, 4.69) is 0 Å². The molecule has 3 aromatic rings. The van der Waals surface area contributed by atoms with E-state index < -0.39 is 63.8 Å². The molecule has 0 saturated carbocycles. The number of piperidine rings is 1. The van der Waals surface area contributed by atoms with Crippen molar-refractivity contribution in [1.29, 1.82) is 0 Å². The Kier molecular flexibility index (Phi) is 9.58. The Morgan fingerprint density at radius 1 is 1.05 bits per heavy atom. The molecule has 0 spiro atoms. The number of hydrogen-bond acceptors (Lipinski definition) is 4. The Labute approximate surface area is 253 Å². The molecule has 1 heterocycles. The molecule has 0 bridgehead atoms. The van der Waals surface area contributed by atoms with Crippen LogP contribution >= 0.6 is 11.6 Å². The van der Waals surface area contributed by atoms with E-state index in [-0.39, 0.29) is 12.8 Å². The van der Waals surface area contributed by atoms with Gasteiger partial charge < -0.3 is 10.0 Å². The van der Waals surface area contributed by atoms with Crippen LogP contribution in [-0.2, 0) is 19.6 Å². The van der Waals surface area contributed by atoms with Crippen LogP contribution in [0.4, 0.5) is 13.2 Å². The number of amides is 1. The third kappa shape index (κ3) is 7.05. The number of carboxylic acids is 1. The molecule has 1 aliphatic rings. The lowest BCUT2D eigenvalue weighted by Gasteiger charge is -2.52. The van der Waals surface area contributed by atoms with E-state index >= 15 is 0 Å². The zero-order valence-electron chi connectivity index (χ0n) is 23.5. The molecule has 4 atom stereocenters. The first-order valence-corrected chi connectivity index (χ1v) is 15.5. The Balaban J connectivity index is 1.87. The Hall–Kier alpha value is -3.41. The van der Waals surface area contributed by atoms with E-state index in [0.29, 0.717) is 16.1 Å². The van der Waals surface area contributed by atoms with Crippen LogP contribution in [0.25, 0.3) is 11.1 Å². The second kappa shape index (κ2) is 12.7. The average Bonchev–Trinajstić information content (AvgIpc) is 2.95. The van der Waals surface area contributed by atoms with Gasteiger partial charge in [-0.05, 0) is 47.2 Å². The molecule has 1 amide bonds. The minimum Gasteiger partial charge on any atom is -0.481 e. The van der Waals surface area contributed by atoms with Crippen molar-refractivity contribution in [1.82, 2.24) is 9.62 Å². The second-order valence-electron chi connectivity index (χ2n) is 11.0. The van der Waals surface area contributed by atoms with Crippen LogP contribution in [0.3, 0.4) is 0 Å². The number of nitrogens with one attached hydrogen (secondary N) is 1. The number of sulfonamides is 1. The quantitative estimate of drug-likeness (QED) is 0.256. The van der Waals surface area contributed by atoms with Gasteiger partial charge in [-0.25, -0.2) is 13.1 Å². The smallest absolute Gasteiger partial charge is 0.481 e. The van der Waals surface area contributed by atoms with Crippen LogP contribution in [0.1, 0.15) is 56.2 Å². The summed E-state index contributed by atoms with van der Waals surface area (Å²) in [6, 6.07) is 22.1. The van der Waals surface area contributed by atoms with Gasteiger partial charge in [-0.15, -0.1) is 0 Å². The van der Waals surface area contributed by atoms with Gasteiger partial charge in [0, 0.05) is 23.5 Å². The van der Waals surface area contributed by atoms with Crippen molar-refractivity contribution >= 4 is 33.5 Å². The predicted octanol–water partition coefficient (Wildman–Crippen LogP) is 6.76. The predicted molar refractivity (Wildman–Crippen MR) is 158 cm³/mol. The van der Waals surface area contributed by atoms with Gasteiger partial charge >= 0.3 is 21.5 Å². The summed E-state index contributed by atoms with van der Waals surface area (Å²) in [6.07, 6.45) is -0.315. The van der Waals surface area contributed by atoms with Crippen LogP contribution in [0.15, 0.2) is 78.9 Å². The Morgan fingerprint density at radius 3 is 2.23 bits per heavy atom. The van der Waals surface area contributed by atoms with Crippen molar-refractivity contribution < 1.29 is 36.3 Å². The first-order chi connectivity index (χ1) is 20.2. The molecule has 0 aromatic heterocycles. The van der Waals surface area contributed by atoms with Gasteiger partial charge in [0.25, 0.3) is 0 Å². The van der Waals surface area contributed by atoms with Crippen LogP contribution in [0.5, 0.6) is 0 Å². The number of nitrogens with zero attached hydrogens (tertiary/aromatic N) is 1. The van der Waals surface area contributed by atoms with Crippen molar-refractivity contribution in [2.75, 3.05) is 6.54 Å². The number of halogens is 4. The Bertz CT molecular complexity index is 1570. The number of benzene rings is 3. The summed E-state index contributed by atoms with van der Waals surface area (Å²) in [6.45, 7) is 2.44. The van der Waals surface area contributed by atoms with Crippen molar-refractivity contribution in [3.8, 4) is 11.1 Å². The van der Waals surface area contributed by atoms with Crippen molar-refractivity contribution in [3.05, 3.63) is 95.0 Å². The third-order valence-corrected chi connectivity index (χ3v) is 9.35. The maximum absolute atomic E-state index is 14.3. The van der Waals surface area contributed by atoms with E-state index in [4.69, 9.17) is 11.6 Å². The molecule has 0 aliphatic carbocycles. The minimum absolute atomic E-state index is 0.0934. The summed E-state index contributed by atoms with van der Waals surface area (Å²) < 4.78 is 65.1. The van der Waals surface area contributed by atoms with Crippen LogP contribution in [0, 0.1) is 5.41 Å². The fraction of sp³-hybridized carbons (Fsp3) is 0.355. The lowest BCUT2D eigenvalue weighted by molar-refractivity contribution is -0.160. The highest BCUT2D eigenvalue weighted by molar-refractivity contribution is 7.90. The molecule has 0 unspecified atom stereocenters. The zero-order valence-corrected chi connectivity index (χ0v) is 25.1. The van der Waals surface area contributed by atoms with E-state index in [1.165, 1.54) is 11.8 Å². The first kappa shape index (κ1) is 32.5. The number of alkyl halides is 3. The number of aliphatic carboxylic acids is 1. The summed E-state index contributed by atoms with van der Waals surface area (Å²) in [7, 11) is -5.70. The highest BCUT2D eigenvalue weighted by atomic mass is 35.5. The van der Waals surface area contributed by atoms with Crippen molar-refractivity contribution in [2.45, 2.75) is 56.6 Å². The van der Waals surface area contributed by atoms with E-state index in [9.17, 15) is 36.3 Å². The first-order valence-electron chi connectivity index (χ1n) is 13.7. The summed E-state index contributed by atoms with van der Waals surface area (Å²) in [5, 5.41) is 10.2. The zero-order chi connectivity index (χ0) is 31.6. The molecule has 0 radical (unpaired) electrons. The molecule has 1 aliphatic heterocycles. The lowest BCUT2D eigenvalue weighted by Crippen LogP contribution is -2.58. The molecule has 230 valence electrons. The van der Waals surface area contributed by atoms with Crippen LogP contribution < -0.4 is 4.72 Å². The van der Waals surface area contributed by atoms with E-state index in [1.54, 1.807) is 29.8 Å². The maximum atomic E-state index is 14.3. The SMILES string of the molecule is CC[C@@H](CNS(=O)(=O)C(F)(F)F)N1C(=O)[C@@](C)(CC(=O)O)C[C@H](c2cccc(Cl)c2)[C@H]1c1ccc(-c2ccccc2)cc1. The molecule has 1 fully saturated rings. The summed E-state index contributed by atoms with van der Waals surface area (Å²) in [5.41, 5.74) is -3.74. The lowest BCUT2D eigenvalue weighted by atomic mass is 9.67. The van der Waals surface area contributed by atoms with Gasteiger partial charge in [-0.1, -0.05) is 92.2 Å². The molecule has 43 heavy (non-hydrogen) atoms. The third-order valence-electron chi connectivity index (χ3n) is 7.96. The van der Waals surface area contributed by atoms with Gasteiger partial charge in [-0.2, -0.15) is 13.2 Å². The summed E-state index contributed by atoms with van der Waals surface area (Å²) in [4.78, 5) is 27.6. The molecule has 7 nitrogen and oxygen atoms in total. The molecule has 12 heteroatoms. The standard InChI is InChI=1S/C31H32ClF3N2O5S/c1-3-25(19-36-43(41,42)31(33,34)35)37-28(22-14-12-21(13-15-22)20-8-5-4-6-9-20)26(23-10-7-11-24(32)16-23)17-30(2,29(37)40)18-27(38)39/h4-16,25-26,28,36H,3,17-19H2,1-2H3,(H,38,39)/t25-,26+,28+,30+/m0/s1. The van der Waals surface area contributed by atoms with Crippen LogP contribution in [0.2, 0.25) is 5.02 Å². The fourth-order valence-electron chi connectivity index (χ4n) is 5.85. The topological polar surface area (TPSA) is 104 Å². The summed E-state index contributed by atoms with van der Waals surface area (Å²) >= 11 is 6.34. The van der Waals surface area contributed by atoms with E-state index in [0.717, 1.165) is 11.1 Å². The number of carbonyl (C=O) groups excluding carboxylic acids is 1. The number of hydrogen-bond donors (Lipinski definition) is 2. The number of carboxylic acid groups (broad SMARTS) is 1. The van der Waals surface area contributed by atoms with Crippen molar-refractivity contribution in [2.24, 2.45) is 5.41 Å². The fourth-order valence-corrected chi connectivity index (χ4v) is 6.63. The monoisotopic (exact) mass is 636 g/mol. The molecular weight excluding hydrogens is 605 g/mol. The van der Waals surface area contributed by atoms with Gasteiger partial charge in [0.15, 0.2) is 0 Å². The van der Waals surface area contributed by atoms with Crippen molar-refractivity contribution in [3.63, 3.8) is 0 Å². The molecule has 3 aromatic carbocycles. The van der Waals surface area contributed by atoms with E-state index in [1.807, 2.05) is 60.7 Å². The largest absolute Gasteiger partial charge is 0.511 e. The van der Waals surface area contributed by atoms with Gasteiger partial charge in [0.1, 0.15) is 0 Å². The minimum atomic E-state index is -5.70.